The average molecular weight is 1280 g/mol. The molecule has 504 valence electrons. The van der Waals surface area contributed by atoms with Gasteiger partial charge in [-0.15, -0.1) is 0 Å². The Balaban J connectivity index is 1.32. The largest absolute Gasteiger partial charge is 0.480 e. The van der Waals surface area contributed by atoms with E-state index >= 15 is 0 Å². The highest BCUT2D eigenvalue weighted by atomic mass is 16.5. The molecule has 0 spiro atoms. The first-order valence-electron chi connectivity index (χ1n) is 33.0. The van der Waals surface area contributed by atoms with Crippen LogP contribution in [-0.4, -0.2) is 148 Å². The molecule has 92 heavy (non-hydrogen) atoms. The zero-order valence-corrected chi connectivity index (χ0v) is 54.7. The second-order valence-corrected chi connectivity index (χ2v) is 24.8. The van der Waals surface area contributed by atoms with Crippen molar-refractivity contribution in [2.24, 2.45) is 28.3 Å². The molecule has 1 aliphatic rings. The lowest BCUT2D eigenvalue weighted by atomic mass is 9.98. The SMILES string of the molecule is CCCCCCCCCCCCCCCC(=O)Oc1ccc(C[C@H](NC(=O)[C@@H](NC(=O)[C@H](CCCN=C(N)N)NC(=O)CNC)C(C)C)C(=O)N[C@H](C(=O)N[C@@H](Cc2cnc[nH]2)C(=O)N2CCC[C@H]2C(=O)N[C@H](Cc2ccc3ccccc3c2)C(=O)O)C(C)C)cc1. The Morgan fingerprint density at radius 2 is 1.23 bits per heavy atom. The molecule has 1 saturated heterocycles. The maximum atomic E-state index is 14.9. The molecule has 3 aromatic carbocycles. The number of aliphatic carboxylic acids is 1. The zero-order valence-electron chi connectivity index (χ0n) is 54.7. The van der Waals surface area contributed by atoms with Gasteiger partial charge in [0, 0.05) is 50.7 Å². The number of guanidine groups is 1. The second kappa shape index (κ2) is 39.8. The first-order valence-corrected chi connectivity index (χ1v) is 33.0. The third kappa shape index (κ3) is 25.7. The van der Waals surface area contributed by atoms with E-state index in [1.807, 2.05) is 42.5 Å². The molecular weight excluding hydrogens is 1170 g/mol. The lowest BCUT2D eigenvalue weighted by molar-refractivity contribution is -0.145. The maximum Gasteiger partial charge on any atom is 0.326 e. The summed E-state index contributed by atoms with van der Waals surface area (Å²) in [5.74, 6) is -7.41. The van der Waals surface area contributed by atoms with Crippen LogP contribution in [-0.2, 0) is 62.4 Å². The number of hydrogen-bond acceptors (Lipinski definition) is 13. The van der Waals surface area contributed by atoms with Gasteiger partial charge in [-0.3, -0.25) is 43.3 Å². The predicted octanol–water partition coefficient (Wildman–Crippen LogP) is 5.55. The van der Waals surface area contributed by atoms with Crippen molar-refractivity contribution in [2.45, 2.75) is 212 Å². The van der Waals surface area contributed by atoms with Gasteiger partial charge in [0.15, 0.2) is 5.96 Å². The minimum atomic E-state index is -1.40. The molecule has 13 N–H and O–H groups in total. The summed E-state index contributed by atoms with van der Waals surface area (Å²) in [4.78, 5) is 138. The quantitative estimate of drug-likeness (QED) is 0.00852. The number of nitrogens with one attached hydrogen (secondary N) is 8. The van der Waals surface area contributed by atoms with Crippen molar-refractivity contribution in [2.75, 3.05) is 26.7 Å². The summed E-state index contributed by atoms with van der Waals surface area (Å²) in [6, 6.07) is 10.9. The number of likely N-dealkylation sites (N-methyl/N-ethyl adjacent to an activating group) is 1. The monoisotopic (exact) mass is 1280 g/mol. The van der Waals surface area contributed by atoms with E-state index in [2.05, 4.69) is 59.1 Å². The summed E-state index contributed by atoms with van der Waals surface area (Å²) >= 11 is 0. The van der Waals surface area contributed by atoms with Crippen molar-refractivity contribution >= 4 is 70.0 Å². The number of carboxylic acids is 1. The van der Waals surface area contributed by atoms with Crippen LogP contribution in [0.2, 0.25) is 0 Å². The van der Waals surface area contributed by atoms with E-state index in [9.17, 15) is 48.3 Å². The van der Waals surface area contributed by atoms with Gasteiger partial charge in [-0.1, -0.05) is 166 Å². The maximum absolute atomic E-state index is 14.9. The van der Waals surface area contributed by atoms with Crippen molar-refractivity contribution in [1.29, 1.82) is 0 Å². The number of unbranched alkanes of at least 4 members (excludes halogenated alkanes) is 12. The molecule has 1 fully saturated rings. The minimum Gasteiger partial charge on any atom is -0.480 e. The highest BCUT2D eigenvalue weighted by Gasteiger charge is 2.41. The lowest BCUT2D eigenvalue weighted by Gasteiger charge is -2.31. The normalized spacial score (nSPS) is 14.9. The van der Waals surface area contributed by atoms with E-state index in [0.29, 0.717) is 36.1 Å². The Bertz CT molecular complexity index is 3020. The fourth-order valence-corrected chi connectivity index (χ4v) is 11.3. The number of carbonyl (C=O) groups excluding carboxylic acids is 8. The van der Waals surface area contributed by atoms with E-state index in [-0.39, 0.29) is 75.8 Å². The molecule has 5 rings (SSSR count). The fraction of sp³-hybridized carbons (Fsp3) is 0.574. The van der Waals surface area contributed by atoms with Crippen molar-refractivity contribution < 1.29 is 53.0 Å². The number of hydrogen-bond donors (Lipinski definition) is 11. The number of aromatic nitrogens is 2. The van der Waals surface area contributed by atoms with Gasteiger partial charge < -0.3 is 68.4 Å². The third-order valence-electron chi connectivity index (χ3n) is 16.4. The highest BCUT2D eigenvalue weighted by Crippen LogP contribution is 2.23. The topological polar surface area (TPSA) is 364 Å². The van der Waals surface area contributed by atoms with Gasteiger partial charge in [0.2, 0.25) is 41.4 Å². The van der Waals surface area contributed by atoms with Gasteiger partial charge in [0.1, 0.15) is 48.0 Å². The number of carboxylic acid groups (broad SMARTS) is 1. The molecule has 0 radical (unpaired) electrons. The van der Waals surface area contributed by atoms with Gasteiger partial charge >= 0.3 is 11.9 Å². The number of H-pyrrole nitrogens is 1. The number of esters is 1. The summed E-state index contributed by atoms with van der Waals surface area (Å²) in [7, 11) is 1.57. The van der Waals surface area contributed by atoms with E-state index in [1.165, 1.54) is 75.2 Å². The average Bonchev–Trinajstić information content (AvgIpc) is 1.61. The molecule has 7 amide bonds. The number of ether oxygens (including phenoxy) is 1. The first kappa shape index (κ1) is 74.3. The zero-order chi connectivity index (χ0) is 67.0. The number of likely N-dealkylation sites (tertiary alicyclic amines) is 1. The Labute approximate surface area is 541 Å². The van der Waals surface area contributed by atoms with Crippen molar-refractivity contribution in [1.82, 2.24) is 52.1 Å². The molecule has 0 bridgehead atoms. The number of benzene rings is 3. The van der Waals surface area contributed by atoms with Gasteiger partial charge in [-0.2, -0.15) is 0 Å². The smallest absolute Gasteiger partial charge is 0.326 e. The molecular formula is C68H101N13O11. The standard InChI is InChI=1S/C68H101N13O11/c1-7-8-9-10-11-12-13-14-15-16-17-18-19-28-58(83)92-51-33-30-46(31-34-51)38-53(76-64(87)59(44(2)3)79-61(84)52(75-57(82)42-71-6)26-22-35-73-68(69)70)62(85)80-60(45(4)5)65(88)77-54(40-50-41-72-43-74-50)66(89)81-36-23-27-56(81)63(86)78-55(67(90)91)39-47-29-32-48-24-20-21-25-49(48)37-47/h20-21,24-25,29-34,37,41,43-45,52-56,59-60,71H,7-19,22-23,26-28,35-36,38-40,42H2,1-6H3,(H,72,74)(H,75,82)(H,76,87)(H,77,88)(H,78,86)(H,79,84)(H,80,85)(H,90,91)(H4,69,70,73)/t52-,53-,54-,55+,56-,59-,60-/m0/s1. The summed E-state index contributed by atoms with van der Waals surface area (Å²) in [6.07, 6.45) is 19.3. The first-order chi connectivity index (χ1) is 44.2. The highest BCUT2D eigenvalue weighted by molar-refractivity contribution is 5.98. The molecule has 7 atom stereocenters. The van der Waals surface area contributed by atoms with Crippen LogP contribution < -0.4 is 53.4 Å². The van der Waals surface area contributed by atoms with Gasteiger partial charge in [0.25, 0.3) is 0 Å². The van der Waals surface area contributed by atoms with Crippen LogP contribution in [0.15, 0.2) is 84.2 Å². The van der Waals surface area contributed by atoms with Crippen molar-refractivity contribution in [3.05, 3.63) is 96.1 Å². The lowest BCUT2D eigenvalue weighted by Crippen LogP contribution is -2.61. The van der Waals surface area contributed by atoms with Crippen molar-refractivity contribution in [3.8, 4) is 5.75 Å². The molecule has 24 heteroatoms. The predicted molar refractivity (Wildman–Crippen MR) is 354 cm³/mol. The molecule has 24 nitrogen and oxygen atoms in total. The number of rotatable bonds is 42. The summed E-state index contributed by atoms with van der Waals surface area (Å²) in [6.45, 7) is 9.21. The number of imidazole rings is 1. The van der Waals surface area contributed by atoms with E-state index in [1.54, 1.807) is 59.0 Å². The summed E-state index contributed by atoms with van der Waals surface area (Å²) < 4.78 is 5.68. The number of nitrogens with two attached hydrogens (primary N) is 2. The number of carbonyl (C=O) groups is 9. The Kier molecular flexibility index (Phi) is 32.1. The summed E-state index contributed by atoms with van der Waals surface area (Å²) in [5.41, 5.74) is 12.7. The second-order valence-electron chi connectivity index (χ2n) is 24.8. The van der Waals surface area contributed by atoms with Crippen LogP contribution >= 0.6 is 0 Å². The van der Waals surface area contributed by atoms with Crippen LogP contribution in [0.25, 0.3) is 10.8 Å². The third-order valence-corrected chi connectivity index (χ3v) is 16.4. The Morgan fingerprint density at radius 3 is 1.80 bits per heavy atom. The van der Waals surface area contributed by atoms with E-state index in [0.717, 1.165) is 30.0 Å². The molecule has 0 saturated carbocycles. The molecule has 2 heterocycles. The minimum absolute atomic E-state index is 0.0157. The molecule has 1 aliphatic heterocycles. The molecule has 1 aromatic heterocycles. The molecule has 0 unspecified atom stereocenters. The molecule has 4 aromatic rings. The van der Waals surface area contributed by atoms with Crippen LogP contribution in [0.3, 0.4) is 0 Å². The van der Waals surface area contributed by atoms with Crippen molar-refractivity contribution in [3.63, 3.8) is 0 Å². The number of nitrogens with zero attached hydrogens (tertiary/aromatic N) is 3. The van der Waals surface area contributed by atoms with Gasteiger partial charge in [0.05, 0.1) is 12.9 Å². The van der Waals surface area contributed by atoms with Crippen LogP contribution in [0.1, 0.15) is 167 Å². The number of aromatic amines is 1. The fourth-order valence-electron chi connectivity index (χ4n) is 11.3. The van der Waals surface area contributed by atoms with E-state index < -0.39 is 101 Å². The van der Waals surface area contributed by atoms with Crippen LogP contribution in [0.4, 0.5) is 0 Å². The van der Waals surface area contributed by atoms with Crippen LogP contribution in [0, 0.1) is 11.8 Å². The Morgan fingerprint density at radius 1 is 0.652 bits per heavy atom. The number of amides is 7. The van der Waals surface area contributed by atoms with Gasteiger partial charge in [-0.25, -0.2) is 9.78 Å². The summed E-state index contributed by atoms with van der Waals surface area (Å²) in [5, 5.41) is 31.5. The Hall–Kier alpha value is -8.41. The van der Waals surface area contributed by atoms with Crippen LogP contribution in [0.5, 0.6) is 5.75 Å². The molecule has 0 aliphatic carbocycles. The number of aliphatic imine (C=N–C) groups is 1. The number of fused-ring (bicyclic) bond motifs is 1. The van der Waals surface area contributed by atoms with E-state index in [4.69, 9.17) is 16.2 Å². The van der Waals surface area contributed by atoms with Gasteiger partial charge in [-0.05, 0) is 85.0 Å².